The van der Waals surface area contributed by atoms with Crippen LogP contribution >= 0.6 is 0 Å². The molecule has 0 heterocycles. The number of quaternary nitrogens is 1. The van der Waals surface area contributed by atoms with Crippen LogP contribution in [0.4, 0.5) is 0 Å². The van der Waals surface area contributed by atoms with E-state index in [1.807, 2.05) is 0 Å². The maximum absolute atomic E-state index is 11.5. The first-order valence-electron chi connectivity index (χ1n) is 18.2. The minimum absolute atomic E-state index is 0.481. The minimum Gasteiger partial charge on any atom is -0.481 e. The number of rotatable bonds is 32. The van der Waals surface area contributed by atoms with Crippen molar-refractivity contribution in [3.8, 4) is 0 Å². The van der Waals surface area contributed by atoms with Crippen LogP contribution in [0.25, 0.3) is 0 Å². The van der Waals surface area contributed by atoms with Crippen molar-refractivity contribution in [2.75, 3.05) is 26.2 Å². The Labute approximate surface area is 270 Å². The van der Waals surface area contributed by atoms with E-state index in [9.17, 15) is 29.7 Å². The lowest BCUT2D eigenvalue weighted by molar-refractivity contribution is -0.929. The van der Waals surface area contributed by atoms with Gasteiger partial charge in [0, 0.05) is 19.3 Å². The number of hydrogen-bond acceptors (Lipinski definition) is 3. The molecule has 0 saturated carbocycles. The van der Waals surface area contributed by atoms with E-state index in [1.54, 1.807) is 20.8 Å². The molecule has 3 unspecified atom stereocenters. The molecule has 0 aromatic heterocycles. The molecule has 0 aromatic carbocycles. The molecular weight excluding hydrogens is 554 g/mol. The highest BCUT2D eigenvalue weighted by Crippen LogP contribution is 2.22. The molecule has 0 rings (SSSR count). The molecule has 44 heavy (non-hydrogen) atoms. The van der Waals surface area contributed by atoms with E-state index in [4.69, 9.17) is 0 Å². The van der Waals surface area contributed by atoms with Crippen LogP contribution in [0.5, 0.6) is 0 Å². The van der Waals surface area contributed by atoms with Crippen LogP contribution < -0.4 is 0 Å². The highest BCUT2D eigenvalue weighted by Gasteiger charge is 2.31. The summed E-state index contributed by atoms with van der Waals surface area (Å²) in [4.78, 5) is 34.5. The highest BCUT2D eigenvalue weighted by molar-refractivity contribution is 5.70. The molecule has 0 spiro atoms. The Morgan fingerprint density at radius 2 is 0.773 bits per heavy atom. The number of hydrogen-bond donors (Lipinski definition) is 3. The third-order valence-electron chi connectivity index (χ3n) is 9.52. The van der Waals surface area contributed by atoms with E-state index >= 15 is 0 Å². The molecule has 0 aliphatic carbocycles. The van der Waals surface area contributed by atoms with E-state index in [0.717, 1.165) is 32.2 Å². The first kappa shape index (κ1) is 42.1. The molecule has 0 aromatic rings. The van der Waals surface area contributed by atoms with Gasteiger partial charge < -0.3 is 19.8 Å². The molecular formula is C37H70NO6+. The zero-order valence-electron chi connectivity index (χ0n) is 29.1. The SMILES string of the molecule is CCCCCCCCCCCC/C=C/CCCCCCCC[N+](CCC(C)C(=O)O)(CCC(C)C(=O)O)CCC(C)C(=O)O. The number of carboxylic acid groups (broad SMARTS) is 3. The number of aliphatic carboxylic acids is 3. The van der Waals surface area contributed by atoms with Gasteiger partial charge in [-0.3, -0.25) is 14.4 Å². The lowest BCUT2D eigenvalue weighted by Crippen LogP contribution is -2.52. The Hall–Kier alpha value is -1.89. The summed E-state index contributed by atoms with van der Waals surface area (Å²) in [5, 5.41) is 28.3. The van der Waals surface area contributed by atoms with Crippen LogP contribution in [-0.2, 0) is 14.4 Å². The first-order valence-corrected chi connectivity index (χ1v) is 18.2. The molecule has 0 aliphatic heterocycles. The predicted octanol–water partition coefficient (Wildman–Crippen LogP) is 9.73. The van der Waals surface area contributed by atoms with E-state index in [2.05, 4.69) is 19.1 Å². The van der Waals surface area contributed by atoms with E-state index in [1.165, 1.54) is 89.9 Å². The van der Waals surface area contributed by atoms with Gasteiger partial charge in [-0.1, -0.05) is 117 Å². The lowest BCUT2D eigenvalue weighted by atomic mass is 10.0. The fourth-order valence-electron chi connectivity index (χ4n) is 5.85. The van der Waals surface area contributed by atoms with E-state index < -0.39 is 35.7 Å². The van der Waals surface area contributed by atoms with Gasteiger partial charge in [0.15, 0.2) is 0 Å². The number of carbonyl (C=O) groups is 3. The van der Waals surface area contributed by atoms with Gasteiger partial charge in [-0.15, -0.1) is 0 Å². The Kier molecular flexibility index (Phi) is 26.2. The van der Waals surface area contributed by atoms with Gasteiger partial charge in [0.1, 0.15) is 0 Å². The first-order chi connectivity index (χ1) is 21.0. The molecule has 258 valence electrons. The lowest BCUT2D eigenvalue weighted by Gasteiger charge is -2.40. The molecule has 0 radical (unpaired) electrons. The van der Waals surface area contributed by atoms with Gasteiger partial charge in [0.25, 0.3) is 0 Å². The predicted molar refractivity (Wildman–Crippen MR) is 182 cm³/mol. The summed E-state index contributed by atoms with van der Waals surface area (Å²) in [5.74, 6) is -3.92. The van der Waals surface area contributed by atoms with E-state index in [-0.39, 0.29) is 0 Å². The monoisotopic (exact) mass is 625 g/mol. The number of nitrogens with zero attached hydrogens (tertiary/aromatic N) is 1. The van der Waals surface area contributed by atoms with Crippen molar-refractivity contribution in [3.05, 3.63) is 12.2 Å². The van der Waals surface area contributed by atoms with Crippen molar-refractivity contribution in [2.24, 2.45) is 17.8 Å². The Morgan fingerprint density at radius 1 is 0.477 bits per heavy atom. The maximum Gasteiger partial charge on any atom is 0.306 e. The molecule has 3 atom stereocenters. The van der Waals surface area contributed by atoms with Crippen LogP contribution in [0.15, 0.2) is 12.2 Å². The fraction of sp³-hybridized carbons (Fsp3) is 0.865. The van der Waals surface area contributed by atoms with Gasteiger partial charge in [-0.05, 0) is 38.5 Å². The van der Waals surface area contributed by atoms with Crippen molar-refractivity contribution < 1.29 is 34.2 Å². The van der Waals surface area contributed by atoms with Crippen LogP contribution in [0.3, 0.4) is 0 Å². The van der Waals surface area contributed by atoms with E-state index in [0.29, 0.717) is 43.4 Å². The summed E-state index contributed by atoms with van der Waals surface area (Å²) in [6.45, 7) is 10.2. The third kappa shape index (κ3) is 23.5. The fourth-order valence-corrected chi connectivity index (χ4v) is 5.85. The van der Waals surface area contributed by atoms with Crippen molar-refractivity contribution in [1.29, 1.82) is 0 Å². The van der Waals surface area contributed by atoms with Crippen LogP contribution in [0, 0.1) is 17.8 Å². The average Bonchev–Trinajstić information content (AvgIpc) is 2.99. The van der Waals surface area contributed by atoms with Gasteiger partial charge in [0.2, 0.25) is 0 Å². The summed E-state index contributed by atoms with van der Waals surface area (Å²) in [6, 6.07) is 0. The van der Waals surface area contributed by atoms with Crippen LogP contribution in [0.2, 0.25) is 0 Å². The average molecular weight is 625 g/mol. The topological polar surface area (TPSA) is 112 Å². The standard InChI is InChI=1S/C37H69NO6/c1-5-6-7-8-9-10-11-12-13-14-15-16-17-18-19-20-21-22-23-24-28-38(29-25-32(2)35(39)40,30-26-33(3)36(41)42)31-27-34(4)37(43)44/h16-17,32-34H,5-15,18-31H2,1-4H3,(H2-,39,40,41,42,43,44)/p+1/b17-16+. The summed E-state index contributed by atoms with van der Waals surface area (Å²) in [7, 11) is 0. The number of unbranched alkanes of at least 4 members (excludes halogenated alkanes) is 16. The van der Waals surface area contributed by atoms with Crippen LogP contribution in [0.1, 0.15) is 163 Å². The zero-order valence-corrected chi connectivity index (χ0v) is 29.1. The third-order valence-corrected chi connectivity index (χ3v) is 9.52. The second-order valence-corrected chi connectivity index (χ2v) is 13.7. The molecule has 7 heteroatoms. The van der Waals surface area contributed by atoms with Crippen molar-refractivity contribution in [2.45, 2.75) is 163 Å². The number of allylic oxidation sites excluding steroid dienone is 2. The molecule has 0 saturated heterocycles. The normalized spacial score (nSPS) is 15.2. The van der Waals surface area contributed by atoms with Crippen molar-refractivity contribution in [1.82, 2.24) is 0 Å². The van der Waals surface area contributed by atoms with Gasteiger partial charge >= 0.3 is 17.9 Å². The zero-order chi connectivity index (χ0) is 33.1. The maximum atomic E-state index is 11.5. The van der Waals surface area contributed by atoms with Gasteiger partial charge in [-0.2, -0.15) is 0 Å². The van der Waals surface area contributed by atoms with Crippen molar-refractivity contribution in [3.63, 3.8) is 0 Å². The smallest absolute Gasteiger partial charge is 0.306 e. The van der Waals surface area contributed by atoms with Gasteiger partial charge in [-0.25, -0.2) is 0 Å². The minimum atomic E-state index is -0.824. The molecule has 0 aliphatic rings. The largest absolute Gasteiger partial charge is 0.481 e. The summed E-state index contributed by atoms with van der Waals surface area (Å²) in [6.07, 6.45) is 29.3. The van der Waals surface area contributed by atoms with Crippen molar-refractivity contribution >= 4 is 17.9 Å². The summed E-state index contributed by atoms with van der Waals surface area (Å²) < 4.78 is 0.608. The molecule has 0 amide bonds. The Morgan fingerprint density at radius 3 is 1.09 bits per heavy atom. The molecule has 7 nitrogen and oxygen atoms in total. The van der Waals surface area contributed by atoms with Gasteiger partial charge in [0.05, 0.1) is 43.9 Å². The van der Waals surface area contributed by atoms with Crippen LogP contribution in [-0.4, -0.2) is 63.9 Å². The summed E-state index contributed by atoms with van der Waals surface area (Å²) >= 11 is 0. The quantitative estimate of drug-likeness (QED) is 0.0390. The second-order valence-electron chi connectivity index (χ2n) is 13.7. The second kappa shape index (κ2) is 27.4. The molecule has 0 fully saturated rings. The number of carboxylic acids is 3. The Bertz CT molecular complexity index is 707. The molecule has 3 N–H and O–H groups in total. The highest BCUT2D eigenvalue weighted by atomic mass is 16.4. The summed E-state index contributed by atoms with van der Waals surface area (Å²) in [5.41, 5.74) is 0. The molecule has 0 bridgehead atoms. The Balaban J connectivity index is 4.43.